The van der Waals surface area contributed by atoms with Crippen molar-refractivity contribution in [3.05, 3.63) is 12.2 Å². The van der Waals surface area contributed by atoms with Gasteiger partial charge < -0.3 is 23.7 Å². The van der Waals surface area contributed by atoms with Crippen molar-refractivity contribution in [1.82, 2.24) is 0 Å². The van der Waals surface area contributed by atoms with Crippen LogP contribution in [-0.4, -0.2) is 62.6 Å². The summed E-state index contributed by atoms with van der Waals surface area (Å²) < 4.78 is 29.2. The Morgan fingerprint density at radius 2 is 1.70 bits per heavy atom. The van der Waals surface area contributed by atoms with Gasteiger partial charge in [0.05, 0.1) is 19.3 Å². The SMILES string of the molecule is CCCC[C@H](C)[C@@H](/C=C/[C@H]1[C@H](OC2CCCCO2)CC(=O)[C@@H]1CC(=O)CCCCC(=O)OC)OC1CCCCO1. The summed E-state index contributed by atoms with van der Waals surface area (Å²) in [6.45, 7) is 5.81. The van der Waals surface area contributed by atoms with Gasteiger partial charge in [-0.05, 0) is 63.7 Å². The minimum absolute atomic E-state index is 0.0518. The maximum absolute atomic E-state index is 13.2. The van der Waals surface area contributed by atoms with Crippen molar-refractivity contribution in [1.29, 1.82) is 0 Å². The highest BCUT2D eigenvalue weighted by molar-refractivity contribution is 5.90. The van der Waals surface area contributed by atoms with Crippen LogP contribution >= 0.6 is 0 Å². The summed E-state index contributed by atoms with van der Waals surface area (Å²) in [5, 5.41) is 0. The number of hydrogen-bond acceptors (Lipinski definition) is 8. The maximum atomic E-state index is 13.2. The lowest BCUT2D eigenvalue weighted by Gasteiger charge is -2.31. The first-order chi connectivity index (χ1) is 19.4. The smallest absolute Gasteiger partial charge is 0.305 e. The lowest BCUT2D eigenvalue weighted by Crippen LogP contribution is -2.32. The van der Waals surface area contributed by atoms with Crippen LogP contribution in [0.15, 0.2) is 12.2 Å². The molecule has 0 N–H and O–H groups in total. The second-order valence-electron chi connectivity index (χ2n) is 11.8. The first-order valence-electron chi connectivity index (χ1n) is 15.7. The molecule has 2 unspecified atom stereocenters. The van der Waals surface area contributed by atoms with E-state index in [1.54, 1.807) is 0 Å². The highest BCUT2D eigenvalue weighted by Gasteiger charge is 2.44. The Morgan fingerprint density at radius 3 is 2.35 bits per heavy atom. The van der Waals surface area contributed by atoms with Crippen molar-refractivity contribution in [2.24, 2.45) is 17.8 Å². The van der Waals surface area contributed by atoms with E-state index in [0.717, 1.165) is 64.4 Å². The van der Waals surface area contributed by atoms with E-state index in [0.29, 0.717) is 38.2 Å². The molecule has 3 aliphatic rings. The van der Waals surface area contributed by atoms with Crippen LogP contribution in [0.3, 0.4) is 0 Å². The fraction of sp³-hybridized carbons (Fsp3) is 0.844. The molecule has 3 fully saturated rings. The van der Waals surface area contributed by atoms with E-state index in [1.807, 2.05) is 0 Å². The van der Waals surface area contributed by atoms with Gasteiger partial charge in [0, 0.05) is 50.7 Å². The van der Waals surface area contributed by atoms with Crippen LogP contribution in [-0.2, 0) is 38.1 Å². The van der Waals surface area contributed by atoms with E-state index in [1.165, 1.54) is 7.11 Å². The number of ketones is 2. The van der Waals surface area contributed by atoms with Gasteiger partial charge in [-0.1, -0.05) is 38.8 Å². The molecule has 0 aromatic heterocycles. The van der Waals surface area contributed by atoms with Gasteiger partial charge in [0.1, 0.15) is 11.6 Å². The molecule has 0 radical (unpaired) electrons. The van der Waals surface area contributed by atoms with E-state index < -0.39 is 5.92 Å². The van der Waals surface area contributed by atoms with Crippen molar-refractivity contribution >= 4 is 17.5 Å². The van der Waals surface area contributed by atoms with Crippen LogP contribution < -0.4 is 0 Å². The number of carbonyl (C=O) groups excluding carboxylic acids is 3. The van der Waals surface area contributed by atoms with Gasteiger partial charge in [0.2, 0.25) is 0 Å². The van der Waals surface area contributed by atoms with Gasteiger partial charge in [0.15, 0.2) is 12.6 Å². The molecule has 2 saturated heterocycles. The third-order valence-corrected chi connectivity index (χ3v) is 8.48. The Labute approximate surface area is 240 Å². The minimum atomic E-state index is -0.421. The van der Waals surface area contributed by atoms with Crippen LogP contribution in [0.25, 0.3) is 0 Å². The third-order valence-electron chi connectivity index (χ3n) is 8.48. The van der Waals surface area contributed by atoms with Crippen molar-refractivity contribution in [3.8, 4) is 0 Å². The fourth-order valence-electron chi connectivity index (χ4n) is 5.95. The summed E-state index contributed by atoms with van der Waals surface area (Å²) >= 11 is 0. The van der Waals surface area contributed by atoms with Crippen LogP contribution in [0, 0.1) is 17.8 Å². The van der Waals surface area contributed by atoms with Crippen LogP contribution in [0.1, 0.15) is 110 Å². The molecular formula is C32H52O8. The lowest BCUT2D eigenvalue weighted by atomic mass is 9.87. The van der Waals surface area contributed by atoms with Crippen LogP contribution in [0.2, 0.25) is 0 Å². The zero-order chi connectivity index (χ0) is 28.7. The number of carbonyl (C=O) groups is 3. The number of hydrogen-bond donors (Lipinski definition) is 0. The van der Waals surface area contributed by atoms with Crippen molar-refractivity contribution in [2.45, 2.75) is 135 Å². The molecule has 0 bridgehead atoms. The van der Waals surface area contributed by atoms with E-state index in [2.05, 4.69) is 30.7 Å². The normalized spacial score (nSPS) is 29.0. The second kappa shape index (κ2) is 18.0. The number of methoxy groups -OCH3 is 1. The summed E-state index contributed by atoms with van der Waals surface area (Å²) in [6, 6.07) is 0. The Morgan fingerprint density at radius 1 is 1.00 bits per heavy atom. The first-order valence-corrected chi connectivity index (χ1v) is 15.7. The molecule has 8 nitrogen and oxygen atoms in total. The predicted molar refractivity (Wildman–Crippen MR) is 151 cm³/mol. The fourth-order valence-corrected chi connectivity index (χ4v) is 5.95. The Hall–Kier alpha value is -1.61. The summed E-state index contributed by atoms with van der Waals surface area (Å²) in [5.41, 5.74) is 0. The van der Waals surface area contributed by atoms with Crippen molar-refractivity contribution in [2.75, 3.05) is 20.3 Å². The second-order valence-corrected chi connectivity index (χ2v) is 11.8. The van der Waals surface area contributed by atoms with E-state index >= 15 is 0 Å². The van der Waals surface area contributed by atoms with E-state index in [9.17, 15) is 14.4 Å². The molecule has 7 atom stereocenters. The minimum Gasteiger partial charge on any atom is -0.469 e. The molecule has 8 heteroatoms. The number of esters is 1. The molecule has 40 heavy (non-hydrogen) atoms. The van der Waals surface area contributed by atoms with Crippen molar-refractivity contribution < 1.29 is 38.1 Å². The average Bonchev–Trinajstić information content (AvgIpc) is 3.25. The third kappa shape index (κ3) is 11.0. The highest BCUT2D eigenvalue weighted by Crippen LogP contribution is 2.37. The zero-order valence-corrected chi connectivity index (χ0v) is 25.0. The van der Waals surface area contributed by atoms with E-state index in [4.69, 9.17) is 18.9 Å². The van der Waals surface area contributed by atoms with Crippen molar-refractivity contribution in [3.63, 3.8) is 0 Å². The number of ether oxygens (including phenoxy) is 5. The first kappa shape index (κ1) is 32.9. The quantitative estimate of drug-likeness (QED) is 0.119. The molecule has 0 aromatic rings. The average molecular weight is 565 g/mol. The Bertz CT molecular complexity index is 799. The molecule has 3 rings (SSSR count). The summed E-state index contributed by atoms with van der Waals surface area (Å²) in [4.78, 5) is 37.6. The molecule has 0 aromatic carbocycles. The Balaban J connectivity index is 1.71. The molecule has 0 amide bonds. The summed E-state index contributed by atoms with van der Waals surface area (Å²) in [6.07, 6.45) is 14.8. The van der Waals surface area contributed by atoms with Crippen LogP contribution in [0.5, 0.6) is 0 Å². The topological polar surface area (TPSA) is 97.4 Å². The molecule has 1 aliphatic carbocycles. The summed E-state index contributed by atoms with van der Waals surface area (Å²) in [5.74, 6) is -0.475. The van der Waals surface area contributed by atoms with Gasteiger partial charge >= 0.3 is 5.97 Å². The largest absolute Gasteiger partial charge is 0.469 e. The lowest BCUT2D eigenvalue weighted by molar-refractivity contribution is -0.193. The number of Topliss-reactive ketones (excluding diaryl/α,β-unsaturated/α-hetero) is 2. The van der Waals surface area contributed by atoms with E-state index in [-0.39, 0.29) is 61.1 Å². The standard InChI is InChI=1S/C32H52O8/c1-4-5-12-23(2)28(39-31-15-8-10-19-37-31)18-17-25-26(21-24(33)13-6-7-14-30(35)36-3)27(34)22-29(25)40-32-16-9-11-20-38-32/h17-18,23,25-26,28-29,31-32H,4-16,19-22H2,1-3H3/b18-17+/t23-,25+,26+,28+,29+,31?,32?/m0/s1. The van der Waals surface area contributed by atoms with Gasteiger partial charge in [-0.15, -0.1) is 0 Å². The molecule has 2 heterocycles. The van der Waals surface area contributed by atoms with Crippen LogP contribution in [0.4, 0.5) is 0 Å². The number of rotatable bonds is 17. The monoisotopic (exact) mass is 564 g/mol. The molecule has 2 aliphatic heterocycles. The molecular weight excluding hydrogens is 512 g/mol. The van der Waals surface area contributed by atoms with Gasteiger partial charge in [-0.25, -0.2) is 0 Å². The highest BCUT2D eigenvalue weighted by atomic mass is 16.7. The predicted octanol–water partition coefficient (Wildman–Crippen LogP) is 6.09. The van der Waals surface area contributed by atoms with Gasteiger partial charge in [0.25, 0.3) is 0 Å². The van der Waals surface area contributed by atoms with Gasteiger partial charge in [-0.3, -0.25) is 14.4 Å². The zero-order valence-electron chi connectivity index (χ0n) is 25.0. The molecule has 228 valence electrons. The molecule has 1 saturated carbocycles. The molecule has 0 spiro atoms. The summed E-state index contributed by atoms with van der Waals surface area (Å²) in [7, 11) is 1.37. The maximum Gasteiger partial charge on any atom is 0.305 e. The number of unbranched alkanes of at least 4 members (excludes halogenated alkanes) is 2. The Kier molecular flexibility index (Phi) is 14.8. The van der Waals surface area contributed by atoms with Gasteiger partial charge in [-0.2, -0.15) is 0 Å².